The third kappa shape index (κ3) is 5.90. The van der Waals surface area contributed by atoms with Crippen LogP contribution in [0.5, 0.6) is 0 Å². The van der Waals surface area contributed by atoms with E-state index in [1.807, 2.05) is 19.3 Å². The van der Waals surface area contributed by atoms with Crippen molar-refractivity contribution in [2.24, 2.45) is 0 Å². The highest BCUT2D eigenvalue weighted by Crippen LogP contribution is 2.34. The van der Waals surface area contributed by atoms with E-state index >= 15 is 0 Å². The fourth-order valence-corrected chi connectivity index (χ4v) is 4.18. The average Bonchev–Trinajstić information content (AvgIpc) is 3.34. The maximum Gasteiger partial charge on any atom is 0.235 e. The van der Waals surface area contributed by atoms with Crippen molar-refractivity contribution in [3.8, 4) is 0 Å². The number of methoxy groups -OCH3 is 2. The van der Waals surface area contributed by atoms with Gasteiger partial charge in [-0.15, -0.1) is 10.2 Å². The van der Waals surface area contributed by atoms with Gasteiger partial charge in [-0.3, -0.25) is 9.29 Å². The van der Waals surface area contributed by atoms with Crippen molar-refractivity contribution in [3.05, 3.63) is 29.6 Å². The van der Waals surface area contributed by atoms with Gasteiger partial charge in [-0.25, -0.2) is 9.97 Å². The molecule has 0 spiro atoms. The molecule has 1 aliphatic heterocycles. The van der Waals surface area contributed by atoms with E-state index < -0.39 is 0 Å². The molecule has 1 fully saturated rings. The van der Waals surface area contributed by atoms with Crippen LogP contribution in [0.2, 0.25) is 0 Å². The van der Waals surface area contributed by atoms with Crippen molar-refractivity contribution in [1.82, 2.24) is 24.7 Å². The summed E-state index contributed by atoms with van der Waals surface area (Å²) in [6, 6.07) is -0.0525. The number of ether oxygens (including phenoxy) is 3. The first kappa shape index (κ1) is 22.9. The van der Waals surface area contributed by atoms with Crippen LogP contribution in [0.15, 0.2) is 12.4 Å². The molecule has 0 aliphatic carbocycles. The Hall–Kier alpha value is -1.75. The normalized spacial score (nSPS) is 20.1. The fraction of sp³-hybridized carbons (Fsp3) is 0.700. The zero-order valence-electron chi connectivity index (χ0n) is 18.4. The molecule has 1 N–H and O–H groups in total. The van der Waals surface area contributed by atoms with Gasteiger partial charge < -0.3 is 14.2 Å². The van der Waals surface area contributed by atoms with Crippen molar-refractivity contribution >= 4 is 17.9 Å². The molecule has 10 heteroatoms. The molecule has 0 aromatic carbocycles. The summed E-state index contributed by atoms with van der Waals surface area (Å²) in [7, 11) is 3.37. The summed E-state index contributed by atoms with van der Waals surface area (Å²) in [5, 5.41) is 9.13. The minimum atomic E-state index is -0.0670. The van der Waals surface area contributed by atoms with E-state index in [0.29, 0.717) is 19.2 Å². The molecule has 1 saturated heterocycles. The number of hydrogen-bond acceptors (Lipinski definition) is 9. The molecule has 2 aromatic rings. The molecule has 2 aromatic heterocycles. The predicted octanol–water partition coefficient (Wildman–Crippen LogP) is 3.14. The molecule has 0 saturated carbocycles. The Morgan fingerprint density at radius 3 is 2.50 bits per heavy atom. The van der Waals surface area contributed by atoms with E-state index in [1.54, 1.807) is 26.2 Å². The van der Waals surface area contributed by atoms with Gasteiger partial charge in [0.15, 0.2) is 5.82 Å². The lowest BCUT2D eigenvalue weighted by Gasteiger charge is -2.23. The summed E-state index contributed by atoms with van der Waals surface area (Å²) in [5.41, 5.74) is 1.06. The minimum Gasteiger partial charge on any atom is -0.382 e. The second-order valence-electron chi connectivity index (χ2n) is 7.74. The number of anilines is 1. The summed E-state index contributed by atoms with van der Waals surface area (Å²) in [6.07, 6.45) is 6.55. The Balaban J connectivity index is 1.73. The Bertz CT molecular complexity index is 781. The van der Waals surface area contributed by atoms with Gasteiger partial charge >= 0.3 is 0 Å². The maximum atomic E-state index is 6.07. The Kier molecular flexibility index (Phi) is 8.43. The number of rotatable bonds is 11. The summed E-state index contributed by atoms with van der Waals surface area (Å²) < 4.78 is 22.4. The molecule has 30 heavy (non-hydrogen) atoms. The van der Waals surface area contributed by atoms with Gasteiger partial charge in [-0.05, 0) is 44.2 Å². The number of nitrogens with zero attached hydrogens (tertiary/aromatic N) is 5. The van der Waals surface area contributed by atoms with Crippen LogP contribution in [0.4, 0.5) is 5.95 Å². The molecule has 3 heterocycles. The van der Waals surface area contributed by atoms with Crippen molar-refractivity contribution in [3.63, 3.8) is 0 Å². The molecule has 9 nitrogen and oxygen atoms in total. The van der Waals surface area contributed by atoms with Crippen molar-refractivity contribution in [2.45, 2.75) is 63.5 Å². The van der Waals surface area contributed by atoms with Gasteiger partial charge in [0.25, 0.3) is 0 Å². The molecule has 3 atom stereocenters. The first-order valence-corrected chi connectivity index (χ1v) is 11.2. The van der Waals surface area contributed by atoms with E-state index in [0.717, 1.165) is 36.5 Å². The summed E-state index contributed by atoms with van der Waals surface area (Å²) >= 11 is 1.58. The van der Waals surface area contributed by atoms with Crippen molar-refractivity contribution in [2.75, 3.05) is 32.2 Å². The third-order valence-corrected chi connectivity index (χ3v) is 5.85. The SMILES string of the molecule is COCC(COC)n1c(NSC(C)Cc2ncc(C)cn2)nnc1C1CCC(C)O1. The number of nitrogens with one attached hydrogen (secondary N) is 1. The lowest BCUT2D eigenvalue weighted by Crippen LogP contribution is -2.24. The molecule has 0 amide bonds. The van der Waals surface area contributed by atoms with E-state index in [1.165, 1.54) is 0 Å². The van der Waals surface area contributed by atoms with Crippen LogP contribution >= 0.6 is 11.9 Å². The van der Waals surface area contributed by atoms with Crippen LogP contribution in [0.3, 0.4) is 0 Å². The van der Waals surface area contributed by atoms with E-state index in [9.17, 15) is 0 Å². The average molecular weight is 437 g/mol. The molecular formula is C20H32N6O3S. The van der Waals surface area contributed by atoms with Gasteiger partial charge in [0.05, 0.1) is 25.4 Å². The largest absolute Gasteiger partial charge is 0.382 e. The Labute approximate surface area is 182 Å². The van der Waals surface area contributed by atoms with Crippen LogP contribution in [-0.4, -0.2) is 63.5 Å². The summed E-state index contributed by atoms with van der Waals surface area (Å²) in [5.74, 6) is 2.32. The second kappa shape index (κ2) is 11.0. The van der Waals surface area contributed by atoms with Crippen LogP contribution in [0.25, 0.3) is 0 Å². The van der Waals surface area contributed by atoms with Crippen LogP contribution in [0.1, 0.15) is 56.0 Å². The highest BCUT2D eigenvalue weighted by molar-refractivity contribution is 8.01. The van der Waals surface area contributed by atoms with Gasteiger partial charge in [0, 0.05) is 38.3 Å². The van der Waals surface area contributed by atoms with E-state index in [-0.39, 0.29) is 23.5 Å². The third-order valence-electron chi connectivity index (χ3n) is 4.98. The van der Waals surface area contributed by atoms with E-state index in [2.05, 4.69) is 43.3 Å². The standard InChI is InChI=1S/C20H32N6O3S/c1-13-9-21-18(22-10-13)8-15(3)30-25-20-24-23-19(17-7-6-14(2)29-17)26(20)16(11-27-4)12-28-5/h9-10,14-17H,6-8,11-12H2,1-5H3,(H,24,25). The lowest BCUT2D eigenvalue weighted by molar-refractivity contribution is 0.0406. The zero-order valence-corrected chi connectivity index (χ0v) is 19.2. The van der Waals surface area contributed by atoms with Crippen LogP contribution in [0, 0.1) is 6.92 Å². The highest BCUT2D eigenvalue weighted by Gasteiger charge is 2.31. The lowest BCUT2D eigenvalue weighted by atomic mass is 10.2. The van der Waals surface area contributed by atoms with Gasteiger partial charge in [-0.1, -0.05) is 6.92 Å². The van der Waals surface area contributed by atoms with Crippen LogP contribution in [-0.2, 0) is 20.6 Å². The van der Waals surface area contributed by atoms with Crippen molar-refractivity contribution in [1.29, 1.82) is 0 Å². The smallest absolute Gasteiger partial charge is 0.235 e. The van der Waals surface area contributed by atoms with Gasteiger partial charge in [-0.2, -0.15) is 0 Å². The molecular weight excluding hydrogens is 404 g/mol. The molecule has 3 rings (SSSR count). The highest BCUT2D eigenvalue weighted by atomic mass is 32.2. The minimum absolute atomic E-state index is 0.0525. The first-order valence-electron chi connectivity index (χ1n) is 10.3. The first-order chi connectivity index (χ1) is 14.5. The Morgan fingerprint density at radius 1 is 1.20 bits per heavy atom. The van der Waals surface area contributed by atoms with Crippen molar-refractivity contribution < 1.29 is 14.2 Å². The number of aryl methyl sites for hydroxylation is 1. The topological polar surface area (TPSA) is 96.2 Å². The molecule has 0 radical (unpaired) electrons. The van der Waals surface area contributed by atoms with Gasteiger partial charge in [0.2, 0.25) is 5.95 Å². The second-order valence-corrected chi connectivity index (χ2v) is 8.98. The van der Waals surface area contributed by atoms with Crippen LogP contribution < -0.4 is 4.72 Å². The monoisotopic (exact) mass is 436 g/mol. The summed E-state index contributed by atoms with van der Waals surface area (Å²) in [4.78, 5) is 8.79. The molecule has 0 bridgehead atoms. The van der Waals surface area contributed by atoms with Gasteiger partial charge in [0.1, 0.15) is 11.9 Å². The molecule has 3 unspecified atom stereocenters. The number of hydrogen-bond donors (Lipinski definition) is 1. The quantitative estimate of drug-likeness (QED) is 0.533. The summed E-state index contributed by atoms with van der Waals surface area (Å²) in [6.45, 7) is 7.19. The zero-order chi connectivity index (χ0) is 21.5. The maximum absolute atomic E-state index is 6.07. The van der Waals surface area contributed by atoms with E-state index in [4.69, 9.17) is 14.2 Å². The molecule has 1 aliphatic rings. The number of aromatic nitrogens is 5. The predicted molar refractivity (Wildman–Crippen MR) is 116 cm³/mol. The fourth-order valence-electron chi connectivity index (χ4n) is 3.50. The Morgan fingerprint density at radius 2 is 1.90 bits per heavy atom. The molecule has 166 valence electrons.